The normalized spacial score (nSPS) is 14.4. The highest BCUT2D eigenvalue weighted by molar-refractivity contribution is 6.09. The number of amides is 3. The van der Waals surface area contributed by atoms with E-state index >= 15 is 0 Å². The summed E-state index contributed by atoms with van der Waals surface area (Å²) < 4.78 is 74.5. The second-order valence-corrected chi connectivity index (χ2v) is 23.4. The minimum Gasteiger partial charge on any atom is -0.502 e. The van der Waals surface area contributed by atoms with E-state index in [4.69, 9.17) is 28.4 Å². The van der Waals surface area contributed by atoms with E-state index in [9.17, 15) is 42.9 Å². The van der Waals surface area contributed by atoms with Crippen LogP contribution in [0.1, 0.15) is 106 Å². The zero-order chi connectivity index (χ0) is 72.7. The lowest BCUT2D eigenvalue weighted by atomic mass is 10.0. The third kappa shape index (κ3) is 16.6. The summed E-state index contributed by atoms with van der Waals surface area (Å²) in [6, 6.07) is 26.9. The fraction of sp³-hybridized carbons (Fsp3) is 0.208. The van der Waals surface area contributed by atoms with Gasteiger partial charge in [0.15, 0.2) is 34.5 Å². The van der Waals surface area contributed by atoms with Crippen LogP contribution in [0.2, 0.25) is 0 Å². The van der Waals surface area contributed by atoms with Crippen LogP contribution in [0.4, 0.5) is 13.2 Å². The number of fused-ring (bicyclic) bond motifs is 3. The summed E-state index contributed by atoms with van der Waals surface area (Å²) in [4.78, 5) is 64.2. The molecule has 0 spiro atoms. The van der Waals surface area contributed by atoms with Crippen molar-refractivity contribution >= 4 is 63.9 Å². The standard InChI is InChI=1S/2C26H24FN3O4.C25H25FN4O4/c1-15-18(8-17-9-22(33-2)26(32)23(10-17)34-3)21-14-29-24(27)11-20(21)19(15)12-25(31)30-13-16-4-6-28-7-5-16;1-15-19(10-16-11-21(33-2)25(32)22(12-16)34-3)18-7-9-29-26(27)24(18)20(15)13-23(31)30-14-17-6-4-5-8-28-17;1-30-19(11-23(31)28-13-15-5-4-6-27-12-15)18-10-17(26)14-29-24(18)20(30)7-16-8-21(33-2)25(32)22(9-16)34-3/h4-11,14,32H,12-13H2,1-3H3,(H,30,31);4-12,32H,13-14H2,1-3H3,(H,30,31);4-10,12,14,19,32H,11,13H2,1-3H3,(H,28,31)/b18-8-;19-10-;20-7+. The van der Waals surface area contributed by atoms with E-state index in [1.54, 1.807) is 85.6 Å². The number of phenols is 3. The van der Waals surface area contributed by atoms with E-state index in [-0.39, 0.29) is 95.3 Å². The van der Waals surface area contributed by atoms with Crippen LogP contribution in [0.15, 0.2) is 158 Å². The molecule has 6 N–H and O–H groups in total. The van der Waals surface area contributed by atoms with Crippen LogP contribution in [0.3, 0.4) is 0 Å². The number of halogens is 3. The van der Waals surface area contributed by atoms with Crippen molar-refractivity contribution in [2.24, 2.45) is 0 Å². The Morgan fingerprint density at radius 2 is 1.05 bits per heavy atom. The number of hydrogen-bond donors (Lipinski definition) is 6. The topological polar surface area (TPSA) is 284 Å². The summed E-state index contributed by atoms with van der Waals surface area (Å²) in [6.07, 6.45) is 18.1. The highest BCUT2D eigenvalue weighted by Gasteiger charge is 2.35. The molecule has 3 aromatic carbocycles. The average Bonchev–Trinajstić information content (AvgIpc) is 1.63. The molecule has 9 aromatic rings. The third-order valence-corrected chi connectivity index (χ3v) is 17.2. The molecule has 12 rings (SSSR count). The molecular formula is C77H73F3N10O12. The van der Waals surface area contributed by atoms with Crippen LogP contribution in [0.5, 0.6) is 51.7 Å². The molecule has 25 heteroatoms. The number of ether oxygens (including phenoxy) is 6. The van der Waals surface area contributed by atoms with Crippen molar-refractivity contribution in [3.8, 4) is 51.7 Å². The zero-order valence-corrected chi connectivity index (χ0v) is 57.2. The van der Waals surface area contributed by atoms with E-state index in [0.29, 0.717) is 69.0 Å². The van der Waals surface area contributed by atoms with Crippen LogP contribution in [0, 0.1) is 17.7 Å². The molecule has 1 atom stereocenters. The monoisotopic (exact) mass is 1390 g/mol. The first-order chi connectivity index (χ1) is 49.2. The largest absolute Gasteiger partial charge is 0.502 e. The minimum atomic E-state index is -0.631. The number of pyridine rings is 6. The SMILES string of the molecule is COc1cc(/C=C2/C(C)=C(CC(=O)NCc3ccccn3)c3c2ccnc3F)cc(OC)c1O.COc1cc(/C=C2/C(C)=C(CC(=O)NCc3ccncc3)c3cc(F)ncc32)cc(OC)c1O.COc1cc(/C=C2\c3ncc(F)cc3C(CC(=O)NCc3cccnc3)N2C)cc(OC)c1O. The maximum Gasteiger partial charge on any atom is 0.224 e. The van der Waals surface area contributed by atoms with Gasteiger partial charge in [0, 0.05) is 86.3 Å². The number of methoxy groups -OCH3 is 6. The fourth-order valence-corrected chi connectivity index (χ4v) is 11.9. The van der Waals surface area contributed by atoms with E-state index in [1.165, 1.54) is 67.2 Å². The Kier molecular flexibility index (Phi) is 23.3. The maximum atomic E-state index is 14.8. The number of allylic oxidation sites excluding steroid dienone is 4. The molecule has 3 aliphatic rings. The summed E-state index contributed by atoms with van der Waals surface area (Å²) in [5.41, 5.74) is 13.3. The molecule has 3 amide bonds. The Morgan fingerprint density at radius 3 is 1.61 bits per heavy atom. The van der Waals surface area contributed by atoms with Crippen molar-refractivity contribution in [2.75, 3.05) is 49.7 Å². The van der Waals surface area contributed by atoms with Crippen molar-refractivity contribution in [3.63, 3.8) is 0 Å². The predicted molar refractivity (Wildman–Crippen MR) is 378 cm³/mol. The number of nitrogens with zero attached hydrogens (tertiary/aromatic N) is 7. The number of aromatic nitrogens is 6. The molecule has 2 aliphatic carbocycles. The lowest BCUT2D eigenvalue weighted by molar-refractivity contribution is -0.122. The maximum absolute atomic E-state index is 14.8. The molecule has 1 aliphatic heterocycles. The van der Waals surface area contributed by atoms with Gasteiger partial charge in [0.25, 0.3) is 0 Å². The molecule has 0 saturated carbocycles. The summed E-state index contributed by atoms with van der Waals surface area (Å²) in [5, 5.41) is 39.3. The van der Waals surface area contributed by atoms with Gasteiger partial charge in [-0.15, -0.1) is 0 Å². The van der Waals surface area contributed by atoms with Gasteiger partial charge >= 0.3 is 0 Å². The first-order valence-corrected chi connectivity index (χ1v) is 31.8. The number of carbonyl (C=O) groups is 3. The first-order valence-electron chi connectivity index (χ1n) is 31.8. The van der Waals surface area contributed by atoms with Crippen LogP contribution < -0.4 is 44.4 Å². The van der Waals surface area contributed by atoms with Crippen molar-refractivity contribution in [3.05, 3.63) is 243 Å². The predicted octanol–water partition coefficient (Wildman–Crippen LogP) is 12.3. The van der Waals surface area contributed by atoms with Crippen LogP contribution in [-0.4, -0.2) is 118 Å². The molecule has 1 unspecified atom stereocenters. The molecule has 0 bridgehead atoms. The van der Waals surface area contributed by atoms with Crippen LogP contribution in [-0.2, 0) is 34.0 Å². The average molecular weight is 1390 g/mol. The van der Waals surface area contributed by atoms with E-state index in [2.05, 4.69) is 45.9 Å². The Balaban J connectivity index is 0.000000165. The van der Waals surface area contributed by atoms with Gasteiger partial charge in [-0.05, 0) is 183 Å². The second kappa shape index (κ2) is 32.9. The fourth-order valence-electron chi connectivity index (χ4n) is 11.9. The summed E-state index contributed by atoms with van der Waals surface area (Å²) >= 11 is 0. The minimum absolute atomic E-state index is 0.00611. The molecule has 102 heavy (non-hydrogen) atoms. The Hall–Kier alpha value is -12.5. The quantitative estimate of drug-likeness (QED) is 0.0365. The number of phenolic OH excluding ortho intramolecular Hbond substituents is 3. The van der Waals surface area contributed by atoms with E-state index in [1.807, 2.05) is 74.4 Å². The summed E-state index contributed by atoms with van der Waals surface area (Å²) in [7, 11) is 10.5. The number of nitrogens with one attached hydrogen (secondary N) is 3. The zero-order valence-electron chi connectivity index (χ0n) is 57.2. The number of aromatic hydroxyl groups is 3. The number of hydrogen-bond acceptors (Lipinski definition) is 19. The second-order valence-electron chi connectivity index (χ2n) is 23.4. The molecule has 0 radical (unpaired) electrons. The lowest BCUT2D eigenvalue weighted by Crippen LogP contribution is -2.28. The number of carbonyl (C=O) groups excluding carboxylic acids is 3. The number of benzene rings is 3. The molecular weight excluding hydrogens is 1310 g/mol. The third-order valence-electron chi connectivity index (χ3n) is 17.2. The van der Waals surface area contributed by atoms with Crippen molar-refractivity contribution < 1.29 is 71.3 Å². The Morgan fingerprint density at radius 1 is 0.510 bits per heavy atom. The summed E-state index contributed by atoms with van der Waals surface area (Å²) in [6.45, 7) is 4.75. The van der Waals surface area contributed by atoms with Gasteiger partial charge in [0.1, 0.15) is 5.82 Å². The van der Waals surface area contributed by atoms with Gasteiger partial charge in [0.2, 0.25) is 46.9 Å². The summed E-state index contributed by atoms with van der Waals surface area (Å²) in [5.74, 6) is -1.08. The van der Waals surface area contributed by atoms with Gasteiger partial charge < -0.3 is 64.6 Å². The molecule has 0 saturated heterocycles. The molecule has 524 valence electrons. The first kappa shape index (κ1) is 72.2. The van der Waals surface area contributed by atoms with E-state index < -0.39 is 23.8 Å². The number of rotatable bonds is 21. The Labute approximate surface area is 586 Å². The van der Waals surface area contributed by atoms with Crippen molar-refractivity contribution in [1.82, 2.24) is 50.8 Å². The van der Waals surface area contributed by atoms with Crippen LogP contribution >= 0.6 is 0 Å². The molecule has 22 nitrogen and oxygen atoms in total. The highest BCUT2D eigenvalue weighted by atomic mass is 19.1. The van der Waals surface area contributed by atoms with Gasteiger partial charge in [0.05, 0.1) is 97.8 Å². The van der Waals surface area contributed by atoms with Crippen LogP contribution in [0.25, 0.3) is 46.2 Å². The van der Waals surface area contributed by atoms with Gasteiger partial charge in [-0.25, -0.2) is 14.4 Å². The lowest BCUT2D eigenvalue weighted by Gasteiger charge is -2.23. The Bertz CT molecular complexity index is 4700. The van der Waals surface area contributed by atoms with Crippen molar-refractivity contribution in [1.29, 1.82) is 0 Å². The van der Waals surface area contributed by atoms with E-state index in [0.717, 1.165) is 56.4 Å². The smallest absolute Gasteiger partial charge is 0.224 e. The molecule has 0 fully saturated rings. The molecule has 7 heterocycles. The van der Waals surface area contributed by atoms with Crippen molar-refractivity contribution in [2.45, 2.75) is 58.8 Å². The van der Waals surface area contributed by atoms with Gasteiger partial charge in [-0.2, -0.15) is 8.78 Å². The highest BCUT2D eigenvalue weighted by Crippen LogP contribution is 2.49. The molecule has 6 aromatic heterocycles. The van der Waals surface area contributed by atoms with Gasteiger partial charge in [-0.3, -0.25) is 34.3 Å². The van der Waals surface area contributed by atoms with Gasteiger partial charge in [-0.1, -0.05) is 12.1 Å².